The van der Waals surface area contributed by atoms with E-state index in [2.05, 4.69) is 20.6 Å². The molecule has 160 valence electrons. The Labute approximate surface area is 173 Å². The first-order valence-corrected chi connectivity index (χ1v) is 9.58. The summed E-state index contributed by atoms with van der Waals surface area (Å²) in [6.45, 7) is 3.79. The van der Waals surface area contributed by atoms with E-state index in [0.29, 0.717) is 22.5 Å². The summed E-state index contributed by atoms with van der Waals surface area (Å²) in [6.07, 6.45) is 4.61. The number of aromatic nitrogens is 2. The number of ether oxygens (including phenoxy) is 1. The zero-order valence-electron chi connectivity index (χ0n) is 17.1. The largest absolute Gasteiger partial charge is 0.471 e. The van der Waals surface area contributed by atoms with E-state index in [1.165, 1.54) is 18.5 Å². The average Bonchev–Trinajstić information content (AvgIpc) is 3.43. The lowest BCUT2D eigenvalue weighted by Gasteiger charge is -2.13. The molecule has 0 unspecified atom stereocenters. The van der Waals surface area contributed by atoms with E-state index in [-0.39, 0.29) is 29.7 Å². The molecule has 0 aromatic carbocycles. The van der Waals surface area contributed by atoms with Gasteiger partial charge in [0.2, 0.25) is 11.8 Å². The van der Waals surface area contributed by atoms with Crippen LogP contribution in [0.4, 0.5) is 14.6 Å². The van der Waals surface area contributed by atoms with Gasteiger partial charge in [0.25, 0.3) is 11.8 Å². The van der Waals surface area contributed by atoms with Crippen LogP contribution in [0.1, 0.15) is 48.2 Å². The molecule has 0 bridgehead atoms. The van der Waals surface area contributed by atoms with Crippen molar-refractivity contribution < 1.29 is 23.1 Å². The van der Waals surface area contributed by atoms with E-state index in [1.54, 1.807) is 19.1 Å². The van der Waals surface area contributed by atoms with Crippen LogP contribution in [0.2, 0.25) is 0 Å². The van der Waals surface area contributed by atoms with E-state index in [4.69, 9.17) is 4.74 Å². The van der Waals surface area contributed by atoms with Crippen molar-refractivity contribution >= 4 is 17.6 Å². The lowest BCUT2D eigenvalue weighted by molar-refractivity contribution is -0.120. The Kier molecular flexibility index (Phi) is 6.00. The standard InChI is InChI=1S/C21H24F2N4O3/c1-13-8-14(11-26-18(13)30-12-21(3,22)23)10-25-17(28)15-4-7-24-16(9-15)27-19(29)20(2)5-6-20/h4,7-9,11H,5-6,10,12H2,1-3H3,(H,25,28)(H,24,27,29). The normalized spacial score (nSPS) is 14.7. The highest BCUT2D eigenvalue weighted by molar-refractivity contribution is 5.98. The third-order valence-electron chi connectivity index (χ3n) is 4.81. The number of halogens is 2. The topological polar surface area (TPSA) is 93.2 Å². The van der Waals surface area contributed by atoms with E-state index in [1.807, 2.05) is 6.92 Å². The van der Waals surface area contributed by atoms with Crippen LogP contribution in [0.25, 0.3) is 0 Å². The van der Waals surface area contributed by atoms with Gasteiger partial charge in [-0.1, -0.05) is 6.92 Å². The number of carbonyl (C=O) groups is 2. The van der Waals surface area contributed by atoms with Crippen LogP contribution in [0.15, 0.2) is 30.6 Å². The second-order valence-electron chi connectivity index (χ2n) is 7.95. The molecule has 7 nitrogen and oxygen atoms in total. The predicted molar refractivity (Wildman–Crippen MR) is 106 cm³/mol. The number of hydrogen-bond donors (Lipinski definition) is 2. The fourth-order valence-corrected chi connectivity index (χ4v) is 2.67. The monoisotopic (exact) mass is 418 g/mol. The van der Waals surface area contributed by atoms with Crippen LogP contribution in [-0.2, 0) is 11.3 Å². The molecule has 1 aliphatic carbocycles. The van der Waals surface area contributed by atoms with E-state index in [0.717, 1.165) is 19.8 Å². The fraction of sp³-hybridized carbons (Fsp3) is 0.429. The molecular formula is C21H24F2N4O3. The molecule has 2 amide bonds. The molecule has 2 aromatic heterocycles. The molecule has 30 heavy (non-hydrogen) atoms. The SMILES string of the molecule is Cc1cc(CNC(=O)c2ccnc(NC(=O)C3(C)CC3)c2)cnc1OCC(C)(F)F. The Hall–Kier alpha value is -3.10. The smallest absolute Gasteiger partial charge is 0.278 e. The van der Waals surface area contributed by atoms with Gasteiger partial charge in [0.1, 0.15) is 5.82 Å². The summed E-state index contributed by atoms with van der Waals surface area (Å²) in [5.41, 5.74) is 1.30. The molecule has 1 saturated carbocycles. The van der Waals surface area contributed by atoms with Gasteiger partial charge in [-0.05, 0) is 43.5 Å². The summed E-state index contributed by atoms with van der Waals surface area (Å²) in [6, 6.07) is 4.78. The van der Waals surface area contributed by atoms with Crippen LogP contribution in [0.5, 0.6) is 5.88 Å². The summed E-state index contributed by atoms with van der Waals surface area (Å²) in [5, 5.41) is 5.50. The molecule has 2 heterocycles. The first-order chi connectivity index (χ1) is 14.1. The zero-order valence-corrected chi connectivity index (χ0v) is 17.1. The van der Waals surface area contributed by atoms with Crippen molar-refractivity contribution in [2.24, 2.45) is 5.41 Å². The van der Waals surface area contributed by atoms with Crippen molar-refractivity contribution in [1.29, 1.82) is 0 Å². The molecule has 0 spiro atoms. The first-order valence-electron chi connectivity index (χ1n) is 9.58. The van der Waals surface area contributed by atoms with Crippen LogP contribution in [0.3, 0.4) is 0 Å². The summed E-state index contributed by atoms with van der Waals surface area (Å²) < 4.78 is 30.9. The molecule has 0 aliphatic heterocycles. The van der Waals surface area contributed by atoms with E-state index >= 15 is 0 Å². The van der Waals surface area contributed by atoms with Gasteiger partial charge in [0.05, 0.1) is 0 Å². The highest BCUT2D eigenvalue weighted by Crippen LogP contribution is 2.45. The number of aryl methyl sites for hydroxylation is 1. The molecule has 1 fully saturated rings. The van der Waals surface area contributed by atoms with Crippen molar-refractivity contribution in [2.75, 3.05) is 11.9 Å². The Morgan fingerprint density at radius 3 is 2.63 bits per heavy atom. The van der Waals surface area contributed by atoms with Gasteiger partial charge in [0.15, 0.2) is 6.61 Å². The molecule has 0 radical (unpaired) electrons. The number of alkyl halides is 2. The number of carbonyl (C=O) groups excluding carboxylic acids is 2. The minimum absolute atomic E-state index is 0.0998. The van der Waals surface area contributed by atoms with Crippen molar-refractivity contribution in [3.8, 4) is 5.88 Å². The fourth-order valence-electron chi connectivity index (χ4n) is 2.67. The minimum Gasteiger partial charge on any atom is -0.471 e. The number of nitrogens with one attached hydrogen (secondary N) is 2. The number of amides is 2. The third-order valence-corrected chi connectivity index (χ3v) is 4.81. The Balaban J connectivity index is 1.57. The van der Waals surface area contributed by atoms with Gasteiger partial charge in [0, 0.05) is 42.4 Å². The average molecular weight is 418 g/mol. The first kappa shape index (κ1) is 21.6. The van der Waals surface area contributed by atoms with Crippen LogP contribution in [0, 0.1) is 12.3 Å². The maximum Gasteiger partial charge on any atom is 0.278 e. The van der Waals surface area contributed by atoms with Crippen molar-refractivity contribution in [3.05, 3.63) is 47.3 Å². The van der Waals surface area contributed by atoms with Gasteiger partial charge < -0.3 is 15.4 Å². The highest BCUT2D eigenvalue weighted by Gasteiger charge is 2.45. The Bertz CT molecular complexity index is 956. The van der Waals surface area contributed by atoms with Gasteiger partial charge in [-0.25, -0.2) is 18.7 Å². The summed E-state index contributed by atoms with van der Waals surface area (Å²) in [5.74, 6) is -2.93. The Morgan fingerprint density at radius 2 is 2.00 bits per heavy atom. The van der Waals surface area contributed by atoms with E-state index in [9.17, 15) is 18.4 Å². The zero-order chi connectivity index (χ0) is 21.9. The van der Waals surface area contributed by atoms with Crippen LogP contribution in [-0.4, -0.2) is 34.3 Å². The number of pyridine rings is 2. The molecular weight excluding hydrogens is 394 g/mol. The number of hydrogen-bond acceptors (Lipinski definition) is 5. The minimum atomic E-state index is -2.94. The van der Waals surface area contributed by atoms with Gasteiger partial charge in [-0.2, -0.15) is 0 Å². The third kappa shape index (κ3) is 5.71. The summed E-state index contributed by atoms with van der Waals surface area (Å²) >= 11 is 0. The highest BCUT2D eigenvalue weighted by atomic mass is 19.3. The molecule has 9 heteroatoms. The lowest BCUT2D eigenvalue weighted by Crippen LogP contribution is -2.25. The number of anilines is 1. The molecule has 2 aromatic rings. The Morgan fingerprint density at radius 1 is 1.27 bits per heavy atom. The predicted octanol–water partition coefficient (Wildman–Crippen LogP) is 3.49. The van der Waals surface area contributed by atoms with Gasteiger partial charge in [-0.15, -0.1) is 0 Å². The molecule has 2 N–H and O–H groups in total. The van der Waals surface area contributed by atoms with Crippen molar-refractivity contribution in [2.45, 2.75) is 46.1 Å². The summed E-state index contributed by atoms with van der Waals surface area (Å²) in [4.78, 5) is 32.7. The van der Waals surface area contributed by atoms with Gasteiger partial charge in [-0.3, -0.25) is 9.59 Å². The molecule has 3 rings (SSSR count). The lowest BCUT2D eigenvalue weighted by atomic mass is 10.1. The van der Waals surface area contributed by atoms with Crippen LogP contribution < -0.4 is 15.4 Å². The van der Waals surface area contributed by atoms with Gasteiger partial charge >= 0.3 is 0 Å². The maximum atomic E-state index is 12.9. The second-order valence-corrected chi connectivity index (χ2v) is 7.95. The van der Waals surface area contributed by atoms with E-state index < -0.39 is 12.5 Å². The van der Waals surface area contributed by atoms with Crippen molar-refractivity contribution in [3.63, 3.8) is 0 Å². The molecule has 1 aliphatic rings. The second kappa shape index (κ2) is 8.33. The number of rotatable bonds is 8. The van der Waals surface area contributed by atoms with Crippen LogP contribution >= 0.6 is 0 Å². The quantitative estimate of drug-likeness (QED) is 0.685. The summed E-state index contributed by atoms with van der Waals surface area (Å²) in [7, 11) is 0. The maximum absolute atomic E-state index is 12.9. The van der Waals surface area contributed by atoms with Crippen molar-refractivity contribution in [1.82, 2.24) is 15.3 Å². The molecule has 0 saturated heterocycles. The number of nitrogens with zero attached hydrogens (tertiary/aromatic N) is 2. The molecule has 0 atom stereocenters.